The van der Waals surface area contributed by atoms with E-state index in [9.17, 15) is 0 Å². The van der Waals surface area contributed by atoms with Gasteiger partial charge in [-0.1, -0.05) is 12.1 Å². The van der Waals surface area contributed by atoms with Gasteiger partial charge in [-0.3, -0.25) is 0 Å². The van der Waals surface area contributed by atoms with Crippen LogP contribution in [0.5, 0.6) is 172 Å². The molecule has 0 aromatic heterocycles. The van der Waals surface area contributed by atoms with Gasteiger partial charge in [-0.15, -0.1) is 0 Å². The van der Waals surface area contributed by atoms with E-state index in [1.807, 2.05) is 231 Å². The zero-order valence-electron chi connectivity index (χ0n) is 86.7. The van der Waals surface area contributed by atoms with Crippen LogP contribution in [0, 0.1) is 0 Å². The second kappa shape index (κ2) is 53.4. The summed E-state index contributed by atoms with van der Waals surface area (Å²) in [6.07, 6.45) is 0. The highest BCUT2D eigenvalue weighted by atomic mass is 16.6. The van der Waals surface area contributed by atoms with Gasteiger partial charge >= 0.3 is 0 Å². The highest BCUT2D eigenvalue weighted by molar-refractivity contribution is 5.52. The van der Waals surface area contributed by atoms with Crippen molar-refractivity contribution in [2.75, 3.05) is 114 Å². The first-order valence-corrected chi connectivity index (χ1v) is 47.7. The van der Waals surface area contributed by atoms with Crippen molar-refractivity contribution in [1.82, 2.24) is 0 Å². The average Bonchev–Trinajstić information content (AvgIpc) is 0.825. The number of methoxy groups -OCH3 is 16. The van der Waals surface area contributed by atoms with Gasteiger partial charge in [0, 0.05) is 84.9 Å². The van der Waals surface area contributed by atoms with Gasteiger partial charge in [0.25, 0.3) is 0 Å². The fourth-order valence-corrected chi connectivity index (χ4v) is 15.9. The Balaban J connectivity index is 0.751. The third kappa shape index (κ3) is 31.4. The van der Waals surface area contributed by atoms with Crippen LogP contribution in [0.2, 0.25) is 0 Å². The fourth-order valence-electron chi connectivity index (χ4n) is 15.9. The van der Waals surface area contributed by atoms with Gasteiger partial charge in [0.2, 0.25) is 0 Å². The van der Waals surface area contributed by atoms with E-state index in [1.165, 1.54) is 0 Å². The lowest BCUT2D eigenvalue weighted by atomic mass is 10.1. The quantitative estimate of drug-likeness (QED) is 0.0342. The number of para-hydroxylation sites is 2. The van der Waals surface area contributed by atoms with Gasteiger partial charge in [0.05, 0.1) is 114 Å². The number of rotatable bonds is 58. The van der Waals surface area contributed by atoms with E-state index in [4.69, 9.17) is 142 Å². The first-order chi connectivity index (χ1) is 73.2. The molecule has 0 amide bonds. The summed E-state index contributed by atoms with van der Waals surface area (Å²) < 4.78 is 184. The molecule has 0 atom stereocenters. The Kier molecular flexibility index (Phi) is 37.9. The molecule has 15 rings (SSSR count). The highest BCUT2D eigenvalue weighted by Crippen LogP contribution is 2.41. The maximum Gasteiger partial charge on any atom is 0.161 e. The van der Waals surface area contributed by atoms with Gasteiger partial charge in [-0.25, -0.2) is 0 Å². The van der Waals surface area contributed by atoms with E-state index in [0.29, 0.717) is 206 Å². The zero-order valence-corrected chi connectivity index (χ0v) is 86.7. The van der Waals surface area contributed by atoms with Crippen molar-refractivity contribution in [2.24, 2.45) is 0 Å². The summed E-state index contributed by atoms with van der Waals surface area (Å²) in [5.41, 5.74) is 10.6. The molecule has 0 unspecified atom stereocenters. The maximum atomic E-state index is 6.89. The van der Waals surface area contributed by atoms with E-state index >= 15 is 0 Å². The Morgan fingerprint density at radius 3 is 0.273 bits per heavy atom. The molecule has 0 saturated heterocycles. The lowest BCUT2D eigenvalue weighted by Gasteiger charge is -2.17. The molecule has 150 heavy (non-hydrogen) atoms. The minimum absolute atomic E-state index is 0.0128. The zero-order chi connectivity index (χ0) is 105. The largest absolute Gasteiger partial charge is 0.497 e. The molecule has 0 spiro atoms. The molecule has 0 aliphatic rings. The van der Waals surface area contributed by atoms with Crippen molar-refractivity contribution in [1.29, 1.82) is 0 Å². The van der Waals surface area contributed by atoms with Crippen molar-refractivity contribution in [3.63, 3.8) is 0 Å². The summed E-state index contributed by atoms with van der Waals surface area (Å²) in [4.78, 5) is 0. The molecule has 0 radical (unpaired) electrons. The molecular weight excluding hydrogens is 1920 g/mol. The molecule has 15 aromatic carbocycles. The molecule has 0 aliphatic heterocycles. The third-order valence-corrected chi connectivity index (χ3v) is 23.4. The van der Waals surface area contributed by atoms with Crippen LogP contribution < -0.4 is 142 Å². The predicted molar refractivity (Wildman–Crippen MR) is 562 cm³/mol. The minimum atomic E-state index is -0.0128. The van der Waals surface area contributed by atoms with Gasteiger partial charge in [0.15, 0.2) is 11.5 Å². The lowest BCUT2D eigenvalue weighted by Crippen LogP contribution is -2.05. The van der Waals surface area contributed by atoms with Crippen molar-refractivity contribution < 1.29 is 142 Å². The van der Waals surface area contributed by atoms with Crippen LogP contribution in [0.3, 0.4) is 0 Å². The summed E-state index contributed by atoms with van der Waals surface area (Å²) in [6, 6.07) is 85.7. The normalized spacial score (nSPS) is 10.8. The smallest absolute Gasteiger partial charge is 0.161 e. The van der Waals surface area contributed by atoms with Crippen LogP contribution in [0.25, 0.3) is 0 Å². The van der Waals surface area contributed by atoms with Crippen LogP contribution in [-0.2, 0) is 92.5 Å². The average molecular weight is 2040 g/mol. The SMILES string of the molecule is COc1cc(COc2cc(COc3cc(COc4ccccc4OCc4cc(OCc5cc(OCc6cc(OC)cc(OC)c6)cc(OCc6cc(OC)cc(OC)c6)c5)cc(OCc5cc(OCc6cc(OC)cc(OC)c6)cc(OCc6cc(OC)cc(OC)c6)c5)c4)cc(OCc4cc(OCc5cc(OC)cc(OC)c5)cc(OCc5cc(OC)cc(OC)c5)c4)c3)cc(OCc3cc(OC)cc(OC)c3)c2)cc(OC)c1. The Morgan fingerprint density at radius 2 is 0.180 bits per heavy atom. The summed E-state index contributed by atoms with van der Waals surface area (Å²) >= 11 is 0. The molecular formula is C120H122O30. The summed E-state index contributed by atoms with van der Waals surface area (Å²) in [5, 5.41) is 0. The van der Waals surface area contributed by atoms with E-state index < -0.39 is 0 Å². The van der Waals surface area contributed by atoms with E-state index in [2.05, 4.69) is 0 Å². The lowest BCUT2D eigenvalue weighted by molar-refractivity contribution is 0.251. The molecule has 30 heteroatoms. The fraction of sp³-hybridized carbons (Fsp3) is 0.250. The molecule has 782 valence electrons. The van der Waals surface area contributed by atoms with Gasteiger partial charge in [-0.2, -0.15) is 0 Å². The Bertz CT molecular complexity index is 5730. The van der Waals surface area contributed by atoms with Crippen LogP contribution in [0.15, 0.2) is 279 Å². The first-order valence-electron chi connectivity index (χ1n) is 47.7. The van der Waals surface area contributed by atoms with Gasteiger partial charge in [-0.05, 0) is 260 Å². The van der Waals surface area contributed by atoms with Gasteiger partial charge < -0.3 is 142 Å². The Hall–Kier alpha value is -17.7. The highest BCUT2D eigenvalue weighted by Gasteiger charge is 2.21. The second-order valence-corrected chi connectivity index (χ2v) is 34.1. The molecule has 0 bridgehead atoms. The van der Waals surface area contributed by atoms with Crippen molar-refractivity contribution >= 4 is 0 Å². The monoisotopic (exact) mass is 2040 g/mol. The predicted octanol–water partition coefficient (Wildman–Crippen LogP) is 23.9. The minimum Gasteiger partial charge on any atom is -0.497 e. The summed E-state index contributed by atoms with van der Waals surface area (Å²) in [7, 11) is 25.6. The summed E-state index contributed by atoms with van der Waals surface area (Å²) in [6.45, 7) is 1.30. The number of benzene rings is 15. The Labute approximate surface area is 873 Å². The van der Waals surface area contributed by atoms with Crippen LogP contribution >= 0.6 is 0 Å². The van der Waals surface area contributed by atoms with E-state index in [1.54, 1.807) is 162 Å². The second-order valence-electron chi connectivity index (χ2n) is 34.1. The topological polar surface area (TPSA) is 277 Å². The van der Waals surface area contributed by atoms with Crippen molar-refractivity contribution in [3.8, 4) is 172 Å². The molecule has 0 fully saturated rings. The number of hydrogen-bond acceptors (Lipinski definition) is 30. The molecule has 0 aliphatic carbocycles. The molecule has 0 heterocycles. The molecule has 0 N–H and O–H groups in total. The molecule has 30 nitrogen and oxygen atoms in total. The maximum absolute atomic E-state index is 6.89. The van der Waals surface area contributed by atoms with Crippen LogP contribution in [0.1, 0.15) is 77.9 Å². The Morgan fingerprint density at radius 1 is 0.100 bits per heavy atom. The third-order valence-electron chi connectivity index (χ3n) is 23.4. The van der Waals surface area contributed by atoms with Crippen molar-refractivity contribution in [2.45, 2.75) is 92.5 Å². The number of hydrogen-bond donors (Lipinski definition) is 0. The summed E-state index contributed by atoms with van der Waals surface area (Å²) in [5.74, 6) is 16.2. The molecule has 0 saturated carbocycles. The van der Waals surface area contributed by atoms with E-state index in [0.717, 1.165) is 44.5 Å². The van der Waals surface area contributed by atoms with Crippen LogP contribution in [0.4, 0.5) is 0 Å². The number of ether oxygens (including phenoxy) is 30. The van der Waals surface area contributed by atoms with Crippen LogP contribution in [-0.4, -0.2) is 114 Å². The van der Waals surface area contributed by atoms with E-state index in [-0.39, 0.29) is 92.5 Å². The van der Waals surface area contributed by atoms with Gasteiger partial charge in [0.1, 0.15) is 253 Å². The molecule has 15 aromatic rings. The van der Waals surface area contributed by atoms with Crippen molar-refractivity contribution in [3.05, 3.63) is 357 Å². The standard InChI is InChI=1S/C120H122O30/c1-121-91-21-77(22-92(49-91)122-2)63-137-107-37-85(38-108(57-107)138-64-78-23-93(123-3)50-94(24-78)124-4)71-145-115-45-89(46-116(61-115)146-72-86-39-109(139-65-79-25-95(125-5)51-96(26-79)126-6)58-110(40-86)140-66-80-27-97(127-7)52-98(28-80)128-8)75-149-119-19-17-18-20-120(119)150-76-90-47-117(147-73-87-41-111(141-67-81-29-99(129-9)53-100(30-81)130-10)59-112(42-87)142-68-82-31-101(131-11)54-102(32-82)132-12)62-118(48-90)148-74-88-43-113(143-69-83-33-103(133-13)55-104(34-83)134-14)60-114(44-88)144-70-84-35-105(135-15)56-106(36-84)136-16/h17-62H,63-76H2,1-16H3. The first kappa shape index (κ1) is 107.